The number of hydrogen-bond donors (Lipinski definition) is 0. The van der Waals surface area contributed by atoms with Crippen LogP contribution in [0.15, 0.2) is 48.5 Å². The Morgan fingerprint density at radius 2 is 1.76 bits per heavy atom. The summed E-state index contributed by atoms with van der Waals surface area (Å²) in [4.78, 5) is 15.0. The van der Waals surface area contributed by atoms with Crippen LogP contribution >= 0.6 is 0 Å². The zero-order chi connectivity index (χ0) is 20.9. The van der Waals surface area contributed by atoms with Gasteiger partial charge in [-0.2, -0.15) is 8.42 Å². The maximum atomic E-state index is 13.2. The number of carbonyl (C=O) groups is 1. The van der Waals surface area contributed by atoms with E-state index in [1.807, 2.05) is 24.3 Å². The zero-order valence-electron chi connectivity index (χ0n) is 16.8. The quantitative estimate of drug-likeness (QED) is 0.616. The van der Waals surface area contributed by atoms with Crippen molar-refractivity contribution in [2.45, 2.75) is 38.8 Å². The molecule has 1 fully saturated rings. The lowest BCUT2D eigenvalue weighted by Crippen LogP contribution is -2.37. The second kappa shape index (κ2) is 9.41. The third-order valence-electron chi connectivity index (χ3n) is 4.89. The van der Waals surface area contributed by atoms with Gasteiger partial charge >= 0.3 is 10.1 Å². The fourth-order valence-electron chi connectivity index (χ4n) is 3.36. The summed E-state index contributed by atoms with van der Waals surface area (Å²) in [6, 6.07) is 14.4. The van der Waals surface area contributed by atoms with Crippen molar-refractivity contribution in [1.29, 1.82) is 0 Å². The molecule has 1 amide bonds. The highest BCUT2D eigenvalue weighted by atomic mass is 32.2. The number of carbonyl (C=O) groups excluding carboxylic acids is 1. The summed E-state index contributed by atoms with van der Waals surface area (Å²) in [5.74, 6) is 0.211. The number of amides is 1. The molecule has 2 aromatic carbocycles. The first-order valence-electron chi connectivity index (χ1n) is 9.82. The van der Waals surface area contributed by atoms with Gasteiger partial charge in [-0.15, -0.1) is 0 Å². The van der Waals surface area contributed by atoms with Crippen molar-refractivity contribution in [2.24, 2.45) is 0 Å². The summed E-state index contributed by atoms with van der Waals surface area (Å²) >= 11 is 0. The second-order valence-electron chi connectivity index (χ2n) is 7.30. The summed E-state index contributed by atoms with van der Waals surface area (Å²) in [5, 5.41) is 0. The first-order valence-corrected chi connectivity index (χ1v) is 11.6. The standard InChI is InChI=1S/C22H27NO5S/c1-3-17-6-10-19(11-7-17)22(24)23(16-21-5-4-14-27-21)15-18-8-12-20(13-9-18)28-29(2,25)26/h6-13,21H,3-5,14-16H2,1-2H3/t21-/m0/s1. The molecule has 7 heteroatoms. The summed E-state index contributed by atoms with van der Waals surface area (Å²) in [6.07, 6.45) is 3.93. The molecule has 1 aliphatic rings. The smallest absolute Gasteiger partial charge is 0.306 e. The maximum absolute atomic E-state index is 13.2. The van der Waals surface area contributed by atoms with Crippen LogP contribution in [-0.4, -0.2) is 44.7 Å². The molecule has 29 heavy (non-hydrogen) atoms. The van der Waals surface area contributed by atoms with Crippen LogP contribution in [0.2, 0.25) is 0 Å². The van der Waals surface area contributed by atoms with Gasteiger partial charge in [-0.1, -0.05) is 31.2 Å². The first-order chi connectivity index (χ1) is 13.8. The van der Waals surface area contributed by atoms with E-state index in [1.165, 1.54) is 5.56 Å². The third-order valence-corrected chi connectivity index (χ3v) is 5.38. The van der Waals surface area contributed by atoms with Gasteiger partial charge in [-0.3, -0.25) is 4.79 Å². The average molecular weight is 418 g/mol. The van der Waals surface area contributed by atoms with Crippen LogP contribution in [0.25, 0.3) is 0 Å². The van der Waals surface area contributed by atoms with Gasteiger partial charge in [0, 0.05) is 25.3 Å². The Kier molecular flexibility index (Phi) is 6.92. The third kappa shape index (κ3) is 6.30. The molecule has 6 nitrogen and oxygen atoms in total. The Morgan fingerprint density at radius 1 is 1.10 bits per heavy atom. The molecule has 2 aromatic rings. The van der Waals surface area contributed by atoms with Gasteiger partial charge in [-0.05, 0) is 54.7 Å². The van der Waals surface area contributed by atoms with Crippen molar-refractivity contribution in [3.63, 3.8) is 0 Å². The molecule has 1 aliphatic heterocycles. The van der Waals surface area contributed by atoms with Crippen molar-refractivity contribution in [3.8, 4) is 5.75 Å². The summed E-state index contributed by atoms with van der Waals surface area (Å²) in [7, 11) is -3.57. The monoisotopic (exact) mass is 417 g/mol. The van der Waals surface area contributed by atoms with E-state index in [-0.39, 0.29) is 17.8 Å². The first kappa shape index (κ1) is 21.3. The van der Waals surface area contributed by atoms with Gasteiger partial charge in [0.05, 0.1) is 12.4 Å². The molecular formula is C22H27NO5S. The van der Waals surface area contributed by atoms with Crippen molar-refractivity contribution < 1.29 is 22.1 Å². The van der Waals surface area contributed by atoms with Crippen LogP contribution < -0.4 is 4.18 Å². The van der Waals surface area contributed by atoms with Gasteiger partial charge in [0.1, 0.15) is 5.75 Å². The lowest BCUT2D eigenvalue weighted by atomic mass is 10.1. The largest absolute Gasteiger partial charge is 0.383 e. The van der Waals surface area contributed by atoms with E-state index in [2.05, 4.69) is 6.92 Å². The normalized spacial score (nSPS) is 16.6. The molecule has 0 bridgehead atoms. The highest BCUT2D eigenvalue weighted by Gasteiger charge is 2.23. The molecule has 0 N–H and O–H groups in total. The fourth-order valence-corrected chi connectivity index (χ4v) is 3.83. The van der Waals surface area contributed by atoms with Crippen LogP contribution in [0.3, 0.4) is 0 Å². The van der Waals surface area contributed by atoms with Crippen LogP contribution in [0.1, 0.15) is 41.3 Å². The number of aryl methyl sites for hydroxylation is 1. The summed E-state index contributed by atoms with van der Waals surface area (Å²) in [6.45, 7) is 3.75. The zero-order valence-corrected chi connectivity index (χ0v) is 17.7. The highest BCUT2D eigenvalue weighted by molar-refractivity contribution is 7.86. The minimum Gasteiger partial charge on any atom is -0.383 e. The molecule has 0 saturated carbocycles. The Hall–Kier alpha value is -2.38. The predicted octanol–water partition coefficient (Wildman–Crippen LogP) is 3.41. The molecule has 156 valence electrons. The Bertz CT molecular complexity index is 917. The summed E-state index contributed by atoms with van der Waals surface area (Å²) < 4.78 is 33.1. The van der Waals surface area contributed by atoms with E-state index < -0.39 is 10.1 Å². The van der Waals surface area contributed by atoms with E-state index in [9.17, 15) is 13.2 Å². The maximum Gasteiger partial charge on any atom is 0.306 e. The topological polar surface area (TPSA) is 72.9 Å². The van der Waals surface area contributed by atoms with E-state index >= 15 is 0 Å². The van der Waals surface area contributed by atoms with E-state index in [4.69, 9.17) is 8.92 Å². The van der Waals surface area contributed by atoms with Gasteiger partial charge in [0.25, 0.3) is 5.91 Å². The molecular weight excluding hydrogens is 390 g/mol. The molecule has 0 unspecified atom stereocenters. The average Bonchev–Trinajstić information content (AvgIpc) is 3.20. The van der Waals surface area contributed by atoms with Gasteiger partial charge in [0.2, 0.25) is 0 Å². The van der Waals surface area contributed by atoms with Crippen molar-refractivity contribution in [2.75, 3.05) is 19.4 Å². The Balaban J connectivity index is 1.76. The molecule has 1 saturated heterocycles. The van der Waals surface area contributed by atoms with Gasteiger partial charge in [0.15, 0.2) is 0 Å². The van der Waals surface area contributed by atoms with E-state index in [1.54, 1.807) is 29.2 Å². The SMILES string of the molecule is CCc1ccc(C(=O)N(Cc2ccc(OS(C)(=O)=O)cc2)C[C@@H]2CCCO2)cc1. The minimum atomic E-state index is -3.57. The molecule has 1 heterocycles. The second-order valence-corrected chi connectivity index (χ2v) is 8.88. The van der Waals surface area contributed by atoms with Crippen molar-refractivity contribution >= 4 is 16.0 Å². The van der Waals surface area contributed by atoms with Gasteiger partial charge in [-0.25, -0.2) is 0 Å². The lowest BCUT2D eigenvalue weighted by Gasteiger charge is -2.26. The molecule has 0 aromatic heterocycles. The van der Waals surface area contributed by atoms with Gasteiger partial charge < -0.3 is 13.8 Å². The Morgan fingerprint density at radius 3 is 2.31 bits per heavy atom. The molecule has 0 spiro atoms. The lowest BCUT2D eigenvalue weighted by molar-refractivity contribution is 0.0507. The van der Waals surface area contributed by atoms with Crippen LogP contribution in [-0.2, 0) is 27.8 Å². The number of nitrogens with zero attached hydrogens (tertiary/aromatic N) is 1. The minimum absolute atomic E-state index is 0.0420. The Labute approximate surface area is 172 Å². The number of ether oxygens (including phenoxy) is 1. The predicted molar refractivity (Wildman–Crippen MR) is 111 cm³/mol. The number of rotatable bonds is 8. The molecule has 3 rings (SSSR count). The fraction of sp³-hybridized carbons (Fsp3) is 0.409. The number of benzene rings is 2. The molecule has 1 atom stereocenters. The molecule has 0 aliphatic carbocycles. The van der Waals surface area contributed by atoms with Crippen LogP contribution in [0.4, 0.5) is 0 Å². The highest BCUT2D eigenvalue weighted by Crippen LogP contribution is 2.20. The van der Waals surface area contributed by atoms with Crippen molar-refractivity contribution in [1.82, 2.24) is 4.90 Å². The van der Waals surface area contributed by atoms with Crippen molar-refractivity contribution in [3.05, 3.63) is 65.2 Å². The van der Waals surface area contributed by atoms with Crippen LogP contribution in [0, 0.1) is 0 Å². The number of hydrogen-bond acceptors (Lipinski definition) is 5. The van der Waals surface area contributed by atoms with Crippen LogP contribution in [0.5, 0.6) is 5.75 Å². The molecule has 0 radical (unpaired) electrons. The van der Waals surface area contributed by atoms with E-state index in [0.29, 0.717) is 18.7 Å². The van der Waals surface area contributed by atoms with E-state index in [0.717, 1.165) is 37.7 Å². The summed E-state index contributed by atoms with van der Waals surface area (Å²) in [5.41, 5.74) is 2.73.